The summed E-state index contributed by atoms with van der Waals surface area (Å²) in [5, 5.41) is 5.27. The smallest absolute Gasteiger partial charge is 0.407 e. The van der Waals surface area contributed by atoms with Crippen LogP contribution >= 0.6 is 0 Å². The maximum Gasteiger partial charge on any atom is 0.407 e. The molecule has 8 nitrogen and oxygen atoms in total. The first kappa shape index (κ1) is 17.9. The lowest BCUT2D eigenvalue weighted by atomic mass is 9.90. The summed E-state index contributed by atoms with van der Waals surface area (Å²) in [7, 11) is 0. The van der Waals surface area contributed by atoms with Crippen molar-refractivity contribution in [3.05, 3.63) is 0 Å². The van der Waals surface area contributed by atoms with Crippen LogP contribution in [0.15, 0.2) is 0 Å². The zero-order valence-corrected chi connectivity index (χ0v) is 15.0. The SMILES string of the molecule is O=C(NCCNC(=O)OCC1CCC2OC2C1)OCC1CCC2OC2C1. The average Bonchev–Trinajstić information content (AvgIpc) is 3.55. The summed E-state index contributed by atoms with van der Waals surface area (Å²) >= 11 is 0. The minimum Gasteiger partial charge on any atom is -0.449 e. The fourth-order valence-electron chi connectivity index (χ4n) is 4.09. The maximum atomic E-state index is 11.7. The first-order valence-electron chi connectivity index (χ1n) is 9.79. The highest BCUT2D eigenvalue weighted by Gasteiger charge is 2.44. The van der Waals surface area contributed by atoms with Crippen molar-refractivity contribution in [3.8, 4) is 0 Å². The van der Waals surface area contributed by atoms with E-state index in [4.69, 9.17) is 18.9 Å². The molecule has 0 radical (unpaired) electrons. The predicted molar refractivity (Wildman–Crippen MR) is 90.7 cm³/mol. The molecule has 2 aliphatic heterocycles. The number of hydrogen-bond acceptors (Lipinski definition) is 6. The van der Waals surface area contributed by atoms with Crippen molar-refractivity contribution in [3.63, 3.8) is 0 Å². The fraction of sp³-hybridized carbons (Fsp3) is 0.889. The highest BCUT2D eigenvalue weighted by atomic mass is 16.6. The maximum absolute atomic E-state index is 11.7. The highest BCUT2D eigenvalue weighted by Crippen LogP contribution is 2.40. The average molecular weight is 368 g/mol. The lowest BCUT2D eigenvalue weighted by molar-refractivity contribution is 0.114. The minimum atomic E-state index is -0.444. The van der Waals surface area contributed by atoms with Crippen LogP contribution in [0.3, 0.4) is 0 Å². The molecule has 2 amide bonds. The van der Waals surface area contributed by atoms with E-state index < -0.39 is 12.2 Å². The number of ether oxygens (including phenoxy) is 4. The van der Waals surface area contributed by atoms with Crippen molar-refractivity contribution in [2.75, 3.05) is 26.3 Å². The molecule has 146 valence electrons. The van der Waals surface area contributed by atoms with E-state index in [-0.39, 0.29) is 0 Å². The standard InChI is InChI=1S/C18H28N2O6/c21-17(23-9-11-1-3-13-15(7-11)25-13)19-5-6-20-18(22)24-10-12-2-4-14-16(8-12)26-14/h11-16H,1-10H2,(H,19,21)(H,20,22). The second-order valence-electron chi connectivity index (χ2n) is 7.83. The zero-order valence-electron chi connectivity index (χ0n) is 15.0. The van der Waals surface area contributed by atoms with Crippen molar-refractivity contribution >= 4 is 12.2 Å². The largest absolute Gasteiger partial charge is 0.449 e. The van der Waals surface area contributed by atoms with Gasteiger partial charge in [0, 0.05) is 13.1 Å². The van der Waals surface area contributed by atoms with Crippen molar-refractivity contribution in [1.82, 2.24) is 10.6 Å². The summed E-state index contributed by atoms with van der Waals surface area (Å²) < 4.78 is 21.4. The van der Waals surface area contributed by atoms with Crippen molar-refractivity contribution in [1.29, 1.82) is 0 Å². The van der Waals surface area contributed by atoms with Gasteiger partial charge in [0.2, 0.25) is 0 Å². The summed E-state index contributed by atoms with van der Waals surface area (Å²) in [6.45, 7) is 1.49. The topological polar surface area (TPSA) is 102 Å². The quantitative estimate of drug-likeness (QED) is 0.522. The number of carbonyl (C=O) groups excluding carboxylic acids is 2. The Morgan fingerprint density at radius 2 is 1.19 bits per heavy atom. The van der Waals surface area contributed by atoms with Gasteiger partial charge in [0.05, 0.1) is 37.6 Å². The van der Waals surface area contributed by atoms with Gasteiger partial charge in [0.25, 0.3) is 0 Å². The molecule has 26 heavy (non-hydrogen) atoms. The molecule has 2 saturated heterocycles. The second-order valence-corrected chi connectivity index (χ2v) is 7.83. The number of rotatable bonds is 7. The van der Waals surface area contributed by atoms with Gasteiger partial charge in [-0.2, -0.15) is 0 Å². The van der Waals surface area contributed by atoms with Crippen molar-refractivity contribution < 1.29 is 28.5 Å². The van der Waals surface area contributed by atoms with Gasteiger partial charge in [-0.3, -0.25) is 0 Å². The third-order valence-electron chi connectivity index (χ3n) is 5.79. The zero-order chi connectivity index (χ0) is 17.9. The van der Waals surface area contributed by atoms with Crippen LogP contribution in [0.25, 0.3) is 0 Å². The molecule has 2 aliphatic carbocycles. The molecule has 2 heterocycles. The predicted octanol–water partition coefficient (Wildman–Crippen LogP) is 1.57. The van der Waals surface area contributed by atoms with Gasteiger partial charge < -0.3 is 29.6 Å². The van der Waals surface area contributed by atoms with Gasteiger partial charge in [-0.15, -0.1) is 0 Å². The second kappa shape index (κ2) is 8.00. The Balaban J connectivity index is 0.992. The molecule has 0 aromatic rings. The molecule has 0 aromatic carbocycles. The molecule has 2 N–H and O–H groups in total. The molecule has 8 heteroatoms. The van der Waals surface area contributed by atoms with E-state index in [0.29, 0.717) is 62.6 Å². The number of fused-ring (bicyclic) bond motifs is 2. The van der Waals surface area contributed by atoms with Gasteiger partial charge in [-0.25, -0.2) is 9.59 Å². The third kappa shape index (κ3) is 5.01. The molecule has 0 bridgehead atoms. The number of carbonyl (C=O) groups is 2. The summed E-state index contributed by atoms with van der Waals surface area (Å²) in [6.07, 6.45) is 7.03. The van der Waals surface area contributed by atoms with Crippen LogP contribution in [0.4, 0.5) is 9.59 Å². The van der Waals surface area contributed by atoms with E-state index in [1.807, 2.05) is 0 Å². The van der Waals surface area contributed by atoms with Crippen LogP contribution in [-0.2, 0) is 18.9 Å². The Bertz CT molecular complexity index is 484. The molecule has 0 aromatic heterocycles. The lowest BCUT2D eigenvalue weighted by Crippen LogP contribution is -2.36. The van der Waals surface area contributed by atoms with Crippen LogP contribution in [0.5, 0.6) is 0 Å². The number of hydrogen-bond donors (Lipinski definition) is 2. The van der Waals surface area contributed by atoms with E-state index in [1.165, 1.54) is 0 Å². The van der Waals surface area contributed by atoms with Crippen molar-refractivity contribution in [2.24, 2.45) is 11.8 Å². The third-order valence-corrected chi connectivity index (χ3v) is 5.79. The Hall–Kier alpha value is -1.54. The first-order valence-corrected chi connectivity index (χ1v) is 9.79. The summed E-state index contributed by atoms with van der Waals surface area (Å²) in [4.78, 5) is 23.3. The molecule has 2 saturated carbocycles. The van der Waals surface area contributed by atoms with Crippen LogP contribution in [0.1, 0.15) is 38.5 Å². The van der Waals surface area contributed by atoms with Gasteiger partial charge >= 0.3 is 12.2 Å². The van der Waals surface area contributed by atoms with Gasteiger partial charge in [0.1, 0.15) is 0 Å². The Morgan fingerprint density at radius 1 is 0.731 bits per heavy atom. The highest BCUT2D eigenvalue weighted by molar-refractivity contribution is 5.68. The molecule has 4 aliphatic rings. The van der Waals surface area contributed by atoms with Crippen molar-refractivity contribution in [2.45, 2.75) is 62.9 Å². The van der Waals surface area contributed by atoms with Gasteiger partial charge in [0.15, 0.2) is 0 Å². The summed E-state index contributed by atoms with van der Waals surface area (Å²) in [5.74, 6) is 0.794. The van der Waals surface area contributed by atoms with Gasteiger partial charge in [-0.05, 0) is 50.4 Å². The lowest BCUT2D eigenvalue weighted by Gasteiger charge is -2.19. The van der Waals surface area contributed by atoms with Crippen LogP contribution in [0, 0.1) is 11.8 Å². The normalized spacial score (nSPS) is 36.9. The van der Waals surface area contributed by atoms with E-state index in [2.05, 4.69) is 10.6 Å². The number of epoxide rings is 2. The molecule has 0 spiro atoms. The minimum absolute atomic E-state index is 0.313. The summed E-state index contributed by atoms with van der Waals surface area (Å²) in [6, 6.07) is 0. The number of amides is 2. The van der Waals surface area contributed by atoms with Gasteiger partial charge in [-0.1, -0.05) is 0 Å². The van der Waals surface area contributed by atoms with E-state index in [0.717, 1.165) is 38.5 Å². The van der Waals surface area contributed by atoms with E-state index >= 15 is 0 Å². The fourth-order valence-corrected chi connectivity index (χ4v) is 4.09. The number of nitrogens with one attached hydrogen (secondary N) is 2. The molecule has 6 unspecified atom stereocenters. The Labute approximate surface area is 153 Å². The Morgan fingerprint density at radius 3 is 1.62 bits per heavy atom. The molecular weight excluding hydrogens is 340 g/mol. The molecule has 4 fully saturated rings. The first-order chi connectivity index (χ1) is 12.7. The monoisotopic (exact) mass is 368 g/mol. The Kier molecular flexibility index (Phi) is 5.49. The van der Waals surface area contributed by atoms with E-state index in [1.54, 1.807) is 0 Å². The van der Waals surface area contributed by atoms with Crippen LogP contribution < -0.4 is 10.6 Å². The summed E-state index contributed by atoms with van der Waals surface area (Å²) in [5.41, 5.74) is 0. The molecule has 4 rings (SSSR count). The molecule has 6 atom stereocenters. The van der Waals surface area contributed by atoms with Crippen LogP contribution in [-0.4, -0.2) is 62.9 Å². The number of alkyl carbamates (subject to hydrolysis) is 2. The molecular formula is C18H28N2O6. The van der Waals surface area contributed by atoms with Crippen LogP contribution in [0.2, 0.25) is 0 Å². The van der Waals surface area contributed by atoms with E-state index in [9.17, 15) is 9.59 Å².